The minimum atomic E-state index is -0.391. The number of aromatic amines is 1. The Morgan fingerprint density at radius 1 is 1.62 bits per heavy atom. The molecule has 0 bridgehead atoms. The lowest BCUT2D eigenvalue weighted by atomic mass is 10.1. The fourth-order valence-electron chi connectivity index (χ4n) is 1.48. The average Bonchev–Trinajstić information content (AvgIpc) is 2.60. The normalized spacial score (nSPS) is 13.4. The van der Waals surface area contributed by atoms with Crippen molar-refractivity contribution < 1.29 is 5.11 Å². The molecule has 0 aliphatic heterocycles. The Hall–Kier alpha value is -1.35. The Kier molecular flexibility index (Phi) is 2.02. The maximum absolute atomic E-state index is 9.67. The van der Waals surface area contributed by atoms with Gasteiger partial charge in [-0.2, -0.15) is 0 Å². The zero-order valence-corrected chi connectivity index (χ0v) is 7.49. The minimum absolute atomic E-state index is 0.391. The monoisotopic (exact) mass is 176 g/mol. The number of nitrogens with one attached hydrogen (secondary N) is 1. The Balaban J connectivity index is 2.57. The van der Waals surface area contributed by atoms with Crippen LogP contribution in [0, 0.1) is 0 Å². The summed E-state index contributed by atoms with van der Waals surface area (Å²) in [6, 6.07) is 1.90. The number of hydrogen-bond donors (Lipinski definition) is 2. The molecule has 2 N–H and O–H groups in total. The van der Waals surface area contributed by atoms with Gasteiger partial charge >= 0.3 is 0 Å². The van der Waals surface area contributed by atoms with Gasteiger partial charge < -0.3 is 10.1 Å². The SMILES string of the molecule is CC[C@@H](O)c1c[nH]c2ccncc12. The molecular formula is C10H12N2O. The number of nitrogens with zero attached hydrogens (tertiary/aromatic N) is 1. The number of aromatic nitrogens is 2. The highest BCUT2D eigenvalue weighted by Crippen LogP contribution is 2.24. The zero-order valence-electron chi connectivity index (χ0n) is 7.49. The molecule has 1 atom stereocenters. The smallest absolute Gasteiger partial charge is 0.0808 e. The van der Waals surface area contributed by atoms with Gasteiger partial charge in [-0.25, -0.2) is 0 Å². The van der Waals surface area contributed by atoms with E-state index in [-0.39, 0.29) is 0 Å². The van der Waals surface area contributed by atoms with E-state index in [9.17, 15) is 5.11 Å². The summed E-state index contributed by atoms with van der Waals surface area (Å²) in [5, 5.41) is 10.7. The predicted octanol–water partition coefficient (Wildman–Crippen LogP) is 2.01. The molecule has 0 aliphatic rings. The van der Waals surface area contributed by atoms with E-state index in [4.69, 9.17) is 0 Å². The first kappa shape index (κ1) is 8.26. The molecule has 3 heteroatoms. The number of rotatable bonds is 2. The molecule has 0 saturated heterocycles. The highest BCUT2D eigenvalue weighted by Gasteiger charge is 2.10. The summed E-state index contributed by atoms with van der Waals surface area (Å²) in [5.41, 5.74) is 1.96. The summed E-state index contributed by atoms with van der Waals surface area (Å²) < 4.78 is 0. The van der Waals surface area contributed by atoms with E-state index in [0.29, 0.717) is 0 Å². The van der Waals surface area contributed by atoms with Crippen molar-refractivity contribution in [1.82, 2.24) is 9.97 Å². The van der Waals surface area contributed by atoms with Crippen molar-refractivity contribution in [2.75, 3.05) is 0 Å². The van der Waals surface area contributed by atoms with Crippen molar-refractivity contribution in [3.8, 4) is 0 Å². The Bertz CT molecular complexity index is 408. The number of pyridine rings is 1. The predicted molar refractivity (Wildman–Crippen MR) is 51.3 cm³/mol. The molecule has 0 aromatic carbocycles. The van der Waals surface area contributed by atoms with E-state index in [1.165, 1.54) is 0 Å². The quantitative estimate of drug-likeness (QED) is 0.735. The van der Waals surface area contributed by atoms with Crippen LogP contribution in [-0.2, 0) is 0 Å². The van der Waals surface area contributed by atoms with Crippen molar-refractivity contribution >= 4 is 10.9 Å². The molecule has 0 radical (unpaired) electrons. The van der Waals surface area contributed by atoms with Gasteiger partial charge in [-0.3, -0.25) is 4.98 Å². The molecule has 0 saturated carbocycles. The lowest BCUT2D eigenvalue weighted by molar-refractivity contribution is 0.175. The van der Waals surface area contributed by atoms with Crippen molar-refractivity contribution in [3.63, 3.8) is 0 Å². The van der Waals surface area contributed by atoms with Gasteiger partial charge in [0.05, 0.1) is 6.10 Å². The van der Waals surface area contributed by atoms with E-state index < -0.39 is 6.10 Å². The summed E-state index contributed by atoms with van der Waals surface area (Å²) in [6.45, 7) is 1.96. The zero-order chi connectivity index (χ0) is 9.26. The Morgan fingerprint density at radius 3 is 3.23 bits per heavy atom. The van der Waals surface area contributed by atoms with Gasteiger partial charge in [-0.15, -0.1) is 0 Å². The molecular weight excluding hydrogens is 164 g/mol. The first-order valence-electron chi connectivity index (χ1n) is 4.42. The molecule has 0 aliphatic carbocycles. The Morgan fingerprint density at radius 2 is 2.46 bits per heavy atom. The maximum Gasteiger partial charge on any atom is 0.0808 e. The van der Waals surface area contributed by atoms with Gasteiger partial charge in [0.15, 0.2) is 0 Å². The van der Waals surface area contributed by atoms with Crippen LogP contribution in [0.4, 0.5) is 0 Å². The standard InChI is InChI=1S/C10H12N2O/c1-2-10(13)8-6-12-9-3-4-11-5-7(8)9/h3-6,10,12-13H,2H2,1H3/t10-/m1/s1. The second-order valence-electron chi connectivity index (χ2n) is 3.09. The minimum Gasteiger partial charge on any atom is -0.388 e. The van der Waals surface area contributed by atoms with Crippen molar-refractivity contribution in [2.45, 2.75) is 19.4 Å². The molecule has 3 nitrogen and oxygen atoms in total. The van der Waals surface area contributed by atoms with Crippen LogP contribution in [-0.4, -0.2) is 15.1 Å². The molecule has 0 amide bonds. The summed E-state index contributed by atoms with van der Waals surface area (Å²) in [6.07, 6.45) is 5.70. The molecule has 0 unspecified atom stereocenters. The van der Waals surface area contributed by atoms with Crippen LogP contribution >= 0.6 is 0 Å². The molecule has 2 aromatic heterocycles. The second-order valence-corrected chi connectivity index (χ2v) is 3.09. The average molecular weight is 176 g/mol. The van der Waals surface area contributed by atoms with E-state index in [1.807, 2.05) is 19.2 Å². The highest BCUT2D eigenvalue weighted by molar-refractivity contribution is 5.82. The first-order valence-corrected chi connectivity index (χ1v) is 4.42. The third-order valence-electron chi connectivity index (χ3n) is 2.26. The van der Waals surface area contributed by atoms with Gasteiger partial charge in [-0.05, 0) is 12.5 Å². The first-order chi connectivity index (χ1) is 6.33. The lowest BCUT2D eigenvalue weighted by Gasteiger charge is -2.04. The summed E-state index contributed by atoms with van der Waals surface area (Å²) in [4.78, 5) is 7.13. The lowest BCUT2D eigenvalue weighted by Crippen LogP contribution is -1.92. The third kappa shape index (κ3) is 1.31. The van der Waals surface area contributed by atoms with E-state index >= 15 is 0 Å². The van der Waals surface area contributed by atoms with Gasteiger partial charge in [-0.1, -0.05) is 6.92 Å². The van der Waals surface area contributed by atoms with E-state index in [0.717, 1.165) is 22.9 Å². The van der Waals surface area contributed by atoms with Crippen LogP contribution in [0.15, 0.2) is 24.7 Å². The number of aliphatic hydroxyl groups is 1. The summed E-state index contributed by atoms with van der Waals surface area (Å²) >= 11 is 0. The molecule has 2 aromatic rings. The molecule has 0 spiro atoms. The van der Waals surface area contributed by atoms with Crippen LogP contribution in [0.25, 0.3) is 10.9 Å². The van der Waals surface area contributed by atoms with Crippen LogP contribution in [0.1, 0.15) is 25.0 Å². The number of H-pyrrole nitrogens is 1. The fraction of sp³-hybridized carbons (Fsp3) is 0.300. The van der Waals surface area contributed by atoms with Gasteiger partial charge in [0.2, 0.25) is 0 Å². The molecule has 13 heavy (non-hydrogen) atoms. The topological polar surface area (TPSA) is 48.9 Å². The fourth-order valence-corrected chi connectivity index (χ4v) is 1.48. The van der Waals surface area contributed by atoms with E-state index in [2.05, 4.69) is 9.97 Å². The van der Waals surface area contributed by atoms with Crippen molar-refractivity contribution in [1.29, 1.82) is 0 Å². The Labute approximate surface area is 76.4 Å². The van der Waals surface area contributed by atoms with Crippen LogP contribution in [0.5, 0.6) is 0 Å². The van der Waals surface area contributed by atoms with Crippen LogP contribution in [0.2, 0.25) is 0 Å². The maximum atomic E-state index is 9.67. The van der Waals surface area contributed by atoms with Gasteiger partial charge in [0, 0.05) is 35.1 Å². The van der Waals surface area contributed by atoms with E-state index in [1.54, 1.807) is 12.4 Å². The molecule has 0 fully saturated rings. The summed E-state index contributed by atoms with van der Waals surface area (Å²) in [5.74, 6) is 0. The van der Waals surface area contributed by atoms with Crippen LogP contribution in [0.3, 0.4) is 0 Å². The number of aliphatic hydroxyl groups excluding tert-OH is 1. The van der Waals surface area contributed by atoms with Crippen molar-refractivity contribution in [2.24, 2.45) is 0 Å². The number of fused-ring (bicyclic) bond motifs is 1. The van der Waals surface area contributed by atoms with Gasteiger partial charge in [0.1, 0.15) is 0 Å². The van der Waals surface area contributed by atoms with Gasteiger partial charge in [0.25, 0.3) is 0 Å². The van der Waals surface area contributed by atoms with Crippen molar-refractivity contribution in [3.05, 3.63) is 30.2 Å². The summed E-state index contributed by atoms with van der Waals surface area (Å²) in [7, 11) is 0. The third-order valence-corrected chi connectivity index (χ3v) is 2.26. The largest absolute Gasteiger partial charge is 0.388 e. The second kappa shape index (κ2) is 3.18. The molecule has 2 rings (SSSR count). The highest BCUT2D eigenvalue weighted by atomic mass is 16.3. The molecule has 68 valence electrons. The number of hydrogen-bond acceptors (Lipinski definition) is 2. The van der Waals surface area contributed by atoms with Crippen LogP contribution < -0.4 is 0 Å². The molecule has 2 heterocycles.